The Bertz CT molecular complexity index is 476. The summed E-state index contributed by atoms with van der Waals surface area (Å²) in [7, 11) is 0. The zero-order valence-corrected chi connectivity index (χ0v) is 9.42. The highest BCUT2D eigenvalue weighted by atomic mass is 19.3. The SMILES string of the molecule is O=C(Nc1ccc(O)cc1F)C1CCC(F)(F)C1. The molecule has 0 heterocycles. The van der Waals surface area contributed by atoms with E-state index in [0.29, 0.717) is 0 Å². The first-order chi connectivity index (χ1) is 8.37. The van der Waals surface area contributed by atoms with Crippen molar-refractivity contribution in [1.29, 1.82) is 0 Å². The number of aromatic hydroxyl groups is 1. The van der Waals surface area contributed by atoms with Crippen molar-refractivity contribution >= 4 is 11.6 Å². The molecule has 1 aliphatic carbocycles. The van der Waals surface area contributed by atoms with Crippen molar-refractivity contribution in [2.24, 2.45) is 5.92 Å². The summed E-state index contributed by atoms with van der Waals surface area (Å²) in [4.78, 5) is 11.7. The Kier molecular flexibility index (Phi) is 3.19. The van der Waals surface area contributed by atoms with Gasteiger partial charge in [-0.05, 0) is 18.6 Å². The second kappa shape index (κ2) is 4.51. The fraction of sp³-hybridized carbons (Fsp3) is 0.417. The summed E-state index contributed by atoms with van der Waals surface area (Å²) in [5.74, 6) is -5.29. The molecule has 18 heavy (non-hydrogen) atoms. The monoisotopic (exact) mass is 259 g/mol. The molecule has 0 aromatic heterocycles. The van der Waals surface area contributed by atoms with Crippen molar-refractivity contribution in [3.63, 3.8) is 0 Å². The lowest BCUT2D eigenvalue weighted by molar-refractivity contribution is -0.120. The molecule has 0 aliphatic heterocycles. The van der Waals surface area contributed by atoms with Crippen LogP contribution in [-0.4, -0.2) is 16.9 Å². The van der Waals surface area contributed by atoms with E-state index in [1.54, 1.807) is 0 Å². The van der Waals surface area contributed by atoms with Gasteiger partial charge in [0.1, 0.15) is 11.6 Å². The molecule has 0 saturated heterocycles. The van der Waals surface area contributed by atoms with Crippen molar-refractivity contribution in [3.8, 4) is 5.75 Å². The summed E-state index contributed by atoms with van der Waals surface area (Å²) in [5.41, 5.74) is -0.118. The number of phenols is 1. The molecule has 6 heteroatoms. The van der Waals surface area contributed by atoms with Gasteiger partial charge in [0.2, 0.25) is 11.8 Å². The van der Waals surface area contributed by atoms with Gasteiger partial charge in [-0.25, -0.2) is 13.2 Å². The number of benzene rings is 1. The third-order valence-corrected chi connectivity index (χ3v) is 2.98. The quantitative estimate of drug-likeness (QED) is 0.802. The second-order valence-electron chi connectivity index (χ2n) is 4.45. The molecule has 2 rings (SSSR count). The van der Waals surface area contributed by atoms with Gasteiger partial charge in [-0.3, -0.25) is 4.79 Å². The van der Waals surface area contributed by atoms with Gasteiger partial charge < -0.3 is 10.4 Å². The Labute approximate surface area is 102 Å². The van der Waals surface area contributed by atoms with Crippen LogP contribution in [0.4, 0.5) is 18.9 Å². The molecule has 1 aromatic carbocycles. The molecular formula is C12H12F3NO2. The van der Waals surface area contributed by atoms with Crippen molar-refractivity contribution in [2.45, 2.75) is 25.2 Å². The van der Waals surface area contributed by atoms with E-state index in [9.17, 15) is 18.0 Å². The highest BCUT2D eigenvalue weighted by Crippen LogP contribution is 2.39. The standard InChI is InChI=1S/C12H12F3NO2/c13-9-5-8(17)1-2-10(9)16-11(18)7-3-4-12(14,15)6-7/h1-2,5,7,17H,3-4,6H2,(H,16,18). The van der Waals surface area contributed by atoms with Gasteiger partial charge in [0.05, 0.1) is 5.69 Å². The molecule has 1 amide bonds. The normalized spacial score (nSPS) is 21.8. The molecule has 1 unspecified atom stereocenters. The van der Waals surface area contributed by atoms with Crippen LogP contribution in [0.5, 0.6) is 5.75 Å². The largest absolute Gasteiger partial charge is 0.508 e. The zero-order valence-electron chi connectivity index (χ0n) is 9.42. The first kappa shape index (κ1) is 12.7. The molecule has 2 N–H and O–H groups in total. The van der Waals surface area contributed by atoms with Gasteiger partial charge in [0.15, 0.2) is 0 Å². The van der Waals surface area contributed by atoms with Gasteiger partial charge in [0.25, 0.3) is 0 Å². The van der Waals surface area contributed by atoms with Gasteiger partial charge in [0, 0.05) is 24.8 Å². The summed E-state index contributed by atoms with van der Waals surface area (Å²) >= 11 is 0. The highest BCUT2D eigenvalue weighted by Gasteiger charge is 2.42. The van der Waals surface area contributed by atoms with E-state index in [4.69, 9.17) is 5.11 Å². The van der Waals surface area contributed by atoms with E-state index < -0.39 is 30.0 Å². The maximum absolute atomic E-state index is 13.3. The minimum atomic E-state index is -2.81. The lowest BCUT2D eigenvalue weighted by Crippen LogP contribution is -2.22. The first-order valence-corrected chi connectivity index (χ1v) is 5.54. The van der Waals surface area contributed by atoms with Crippen molar-refractivity contribution in [1.82, 2.24) is 0 Å². The average molecular weight is 259 g/mol. The summed E-state index contributed by atoms with van der Waals surface area (Å²) in [6.45, 7) is 0. The topological polar surface area (TPSA) is 49.3 Å². The van der Waals surface area contributed by atoms with Crippen LogP contribution in [-0.2, 0) is 4.79 Å². The molecular weight excluding hydrogens is 247 g/mol. The maximum Gasteiger partial charge on any atom is 0.248 e. The average Bonchev–Trinajstić information content (AvgIpc) is 2.63. The maximum atomic E-state index is 13.3. The van der Waals surface area contributed by atoms with Gasteiger partial charge >= 0.3 is 0 Å². The molecule has 1 aliphatic rings. The number of alkyl halides is 2. The van der Waals surface area contributed by atoms with E-state index in [1.165, 1.54) is 12.1 Å². The van der Waals surface area contributed by atoms with Crippen LogP contribution in [0.1, 0.15) is 19.3 Å². The van der Waals surface area contributed by atoms with Gasteiger partial charge in [-0.2, -0.15) is 0 Å². The first-order valence-electron chi connectivity index (χ1n) is 5.54. The van der Waals surface area contributed by atoms with Crippen LogP contribution in [0, 0.1) is 11.7 Å². The number of anilines is 1. The Balaban J connectivity index is 2.04. The summed E-state index contributed by atoms with van der Waals surface area (Å²) in [6.07, 6.45) is -0.722. The van der Waals surface area contributed by atoms with Crippen LogP contribution in [0.3, 0.4) is 0 Å². The van der Waals surface area contributed by atoms with E-state index in [-0.39, 0.29) is 24.3 Å². The van der Waals surface area contributed by atoms with Gasteiger partial charge in [-0.1, -0.05) is 0 Å². The number of nitrogens with one attached hydrogen (secondary N) is 1. The van der Waals surface area contributed by atoms with Crippen LogP contribution < -0.4 is 5.32 Å². The summed E-state index contributed by atoms with van der Waals surface area (Å²) < 4.78 is 39.2. The Morgan fingerprint density at radius 2 is 2.17 bits per heavy atom. The number of rotatable bonds is 2. The number of phenolic OH excluding ortho intramolecular Hbond substituents is 1. The number of carbonyl (C=O) groups excluding carboxylic acids is 1. The number of hydrogen-bond acceptors (Lipinski definition) is 2. The van der Waals surface area contributed by atoms with E-state index in [0.717, 1.165) is 6.07 Å². The van der Waals surface area contributed by atoms with E-state index in [2.05, 4.69) is 5.32 Å². The van der Waals surface area contributed by atoms with Gasteiger partial charge in [-0.15, -0.1) is 0 Å². The number of carbonyl (C=O) groups is 1. The molecule has 0 radical (unpaired) electrons. The van der Waals surface area contributed by atoms with Crippen molar-refractivity contribution < 1.29 is 23.1 Å². The lowest BCUT2D eigenvalue weighted by atomic mass is 10.1. The van der Waals surface area contributed by atoms with Crippen LogP contribution >= 0.6 is 0 Å². The molecule has 1 fully saturated rings. The van der Waals surface area contributed by atoms with Crippen LogP contribution in [0.25, 0.3) is 0 Å². The molecule has 1 saturated carbocycles. The number of hydrogen-bond donors (Lipinski definition) is 2. The fourth-order valence-corrected chi connectivity index (χ4v) is 2.01. The second-order valence-corrected chi connectivity index (χ2v) is 4.45. The molecule has 0 bridgehead atoms. The highest BCUT2D eigenvalue weighted by molar-refractivity contribution is 5.93. The van der Waals surface area contributed by atoms with Crippen LogP contribution in [0.2, 0.25) is 0 Å². The fourth-order valence-electron chi connectivity index (χ4n) is 2.01. The third-order valence-electron chi connectivity index (χ3n) is 2.98. The van der Waals surface area contributed by atoms with E-state index >= 15 is 0 Å². The Morgan fingerprint density at radius 3 is 2.72 bits per heavy atom. The molecule has 0 spiro atoms. The predicted octanol–water partition coefficient (Wildman–Crippen LogP) is 2.91. The summed E-state index contributed by atoms with van der Waals surface area (Å²) in [6, 6.07) is 3.25. The predicted molar refractivity (Wildman–Crippen MR) is 59.0 cm³/mol. The van der Waals surface area contributed by atoms with Crippen LogP contribution in [0.15, 0.2) is 18.2 Å². The molecule has 1 aromatic rings. The lowest BCUT2D eigenvalue weighted by Gasteiger charge is -2.12. The summed E-state index contributed by atoms with van der Waals surface area (Å²) in [5, 5.41) is 11.3. The molecule has 98 valence electrons. The minimum Gasteiger partial charge on any atom is -0.508 e. The van der Waals surface area contributed by atoms with E-state index in [1.807, 2.05) is 0 Å². The number of amides is 1. The van der Waals surface area contributed by atoms with Crippen molar-refractivity contribution in [3.05, 3.63) is 24.0 Å². The zero-order chi connectivity index (χ0) is 13.3. The Morgan fingerprint density at radius 1 is 1.44 bits per heavy atom. The third kappa shape index (κ3) is 2.75. The smallest absolute Gasteiger partial charge is 0.248 e. The van der Waals surface area contributed by atoms with Crippen molar-refractivity contribution in [2.75, 3.05) is 5.32 Å². The minimum absolute atomic E-state index is 0.0958. The molecule has 3 nitrogen and oxygen atoms in total. The number of halogens is 3. The molecule has 1 atom stereocenters. The Hall–Kier alpha value is -1.72.